The van der Waals surface area contributed by atoms with Gasteiger partial charge in [0.25, 0.3) is 0 Å². The molecule has 0 saturated heterocycles. The first-order valence-corrected chi connectivity index (χ1v) is 5.05. The second-order valence-electron chi connectivity index (χ2n) is 2.42. The van der Waals surface area contributed by atoms with Crippen LogP contribution in [0.5, 0.6) is 0 Å². The molecule has 4 nitrogen and oxygen atoms in total. The van der Waals surface area contributed by atoms with Gasteiger partial charge in [0.1, 0.15) is 11.8 Å². The molecule has 14 heavy (non-hydrogen) atoms. The Balaban J connectivity index is 3.32. The third-order valence-corrected chi connectivity index (χ3v) is 2.34. The predicted octanol–water partition coefficient (Wildman–Crippen LogP) is 1.77. The van der Waals surface area contributed by atoms with Crippen LogP contribution in [-0.2, 0) is 0 Å². The maximum atomic E-state index is 11.2. The lowest BCUT2D eigenvalue weighted by Crippen LogP contribution is -2.06. The minimum Gasteiger partial charge on any atom is -0.395 e. The molecule has 1 aromatic heterocycles. The number of ketones is 1. The van der Waals surface area contributed by atoms with Crippen LogP contribution < -0.4 is 5.73 Å². The lowest BCUT2D eigenvalue weighted by molar-refractivity contribution is 0.101. The van der Waals surface area contributed by atoms with E-state index in [1.807, 2.05) is 0 Å². The van der Waals surface area contributed by atoms with Gasteiger partial charge in [0.2, 0.25) is 0 Å². The first kappa shape index (κ1) is 11.0. The number of rotatable bonds is 2. The summed E-state index contributed by atoms with van der Waals surface area (Å²) in [6.45, 7) is 0. The van der Waals surface area contributed by atoms with E-state index < -0.39 is 0 Å². The van der Waals surface area contributed by atoms with Crippen molar-refractivity contribution in [1.29, 1.82) is 5.26 Å². The van der Waals surface area contributed by atoms with E-state index in [1.165, 1.54) is 6.07 Å². The number of pyridine rings is 1. The van der Waals surface area contributed by atoms with Gasteiger partial charge in [0, 0.05) is 0 Å². The third-order valence-electron chi connectivity index (χ3n) is 1.52. The van der Waals surface area contributed by atoms with Crippen LogP contribution >= 0.6 is 27.5 Å². The molecule has 0 unspecified atom stereocenters. The smallest absolute Gasteiger partial charge is 0.191 e. The van der Waals surface area contributed by atoms with Crippen molar-refractivity contribution in [3.05, 3.63) is 22.5 Å². The van der Waals surface area contributed by atoms with Crippen LogP contribution in [0.2, 0.25) is 5.02 Å². The van der Waals surface area contributed by atoms with E-state index in [9.17, 15) is 4.79 Å². The van der Waals surface area contributed by atoms with Gasteiger partial charge in [-0.15, -0.1) is 0 Å². The topological polar surface area (TPSA) is 79.8 Å². The van der Waals surface area contributed by atoms with Crippen LogP contribution in [0.4, 0.5) is 5.69 Å². The van der Waals surface area contributed by atoms with Crippen LogP contribution in [0, 0.1) is 11.3 Å². The normalized spacial score (nSPS) is 9.50. The zero-order valence-corrected chi connectivity index (χ0v) is 9.26. The Morgan fingerprint density at radius 3 is 2.93 bits per heavy atom. The quantitative estimate of drug-likeness (QED) is 0.658. The van der Waals surface area contributed by atoms with Gasteiger partial charge in [-0.2, -0.15) is 5.26 Å². The van der Waals surface area contributed by atoms with Crippen molar-refractivity contribution < 1.29 is 4.79 Å². The van der Waals surface area contributed by atoms with Crippen molar-refractivity contribution in [2.75, 3.05) is 11.1 Å². The van der Waals surface area contributed by atoms with Crippen molar-refractivity contribution in [2.24, 2.45) is 0 Å². The summed E-state index contributed by atoms with van der Waals surface area (Å²) in [5.41, 5.74) is 5.67. The summed E-state index contributed by atoms with van der Waals surface area (Å²) >= 11 is 8.71. The van der Waals surface area contributed by atoms with Crippen molar-refractivity contribution >= 4 is 39.0 Å². The fourth-order valence-corrected chi connectivity index (χ4v) is 1.30. The Kier molecular flexibility index (Phi) is 3.44. The van der Waals surface area contributed by atoms with Crippen LogP contribution in [0.25, 0.3) is 0 Å². The molecular weight excluding hydrogens is 269 g/mol. The van der Waals surface area contributed by atoms with Crippen LogP contribution in [0.3, 0.4) is 0 Å². The number of nitriles is 1. The van der Waals surface area contributed by atoms with Gasteiger partial charge in [0.05, 0.1) is 16.0 Å². The van der Waals surface area contributed by atoms with Crippen molar-refractivity contribution in [3.8, 4) is 6.07 Å². The molecule has 0 radical (unpaired) electrons. The molecule has 1 heterocycles. The summed E-state index contributed by atoms with van der Waals surface area (Å²) in [5.74, 6) is -0.247. The highest BCUT2D eigenvalue weighted by Gasteiger charge is 2.12. The maximum absolute atomic E-state index is 11.2. The summed E-state index contributed by atoms with van der Waals surface area (Å²) in [7, 11) is 0. The Morgan fingerprint density at radius 1 is 1.79 bits per heavy atom. The standard InChI is InChI=1S/C8H5BrClN3O/c9-2-7(14)5-1-4(10)8(12)6(3-11)13-5/h1H,2,12H2. The highest BCUT2D eigenvalue weighted by Crippen LogP contribution is 2.22. The number of aromatic nitrogens is 1. The molecule has 0 aliphatic heterocycles. The van der Waals surface area contributed by atoms with E-state index >= 15 is 0 Å². The molecule has 72 valence electrons. The Morgan fingerprint density at radius 2 is 2.43 bits per heavy atom. The lowest BCUT2D eigenvalue weighted by atomic mass is 10.2. The molecule has 0 spiro atoms. The molecule has 0 aliphatic carbocycles. The molecule has 0 atom stereocenters. The number of hydrogen-bond acceptors (Lipinski definition) is 4. The van der Waals surface area contributed by atoms with Gasteiger partial charge in [-0.1, -0.05) is 27.5 Å². The fourth-order valence-electron chi connectivity index (χ4n) is 0.820. The van der Waals surface area contributed by atoms with E-state index in [2.05, 4.69) is 20.9 Å². The highest BCUT2D eigenvalue weighted by molar-refractivity contribution is 9.09. The second kappa shape index (κ2) is 4.40. The lowest BCUT2D eigenvalue weighted by Gasteiger charge is -2.02. The van der Waals surface area contributed by atoms with Crippen LogP contribution in [0.1, 0.15) is 16.2 Å². The number of halogens is 2. The molecule has 0 amide bonds. The molecule has 0 saturated carbocycles. The minimum absolute atomic E-state index is 0.0261. The molecule has 0 aromatic carbocycles. The molecule has 0 bridgehead atoms. The molecule has 6 heteroatoms. The molecular formula is C8H5BrClN3O. The predicted molar refractivity (Wildman–Crippen MR) is 56.5 cm³/mol. The number of nitrogens with zero attached hydrogens (tertiary/aromatic N) is 2. The number of alkyl halides is 1. The van der Waals surface area contributed by atoms with Crippen molar-refractivity contribution in [1.82, 2.24) is 4.98 Å². The van der Waals surface area contributed by atoms with E-state index in [-0.39, 0.29) is 33.2 Å². The number of hydrogen-bond donors (Lipinski definition) is 1. The average Bonchev–Trinajstić information content (AvgIpc) is 2.20. The van der Waals surface area contributed by atoms with Gasteiger partial charge in [-0.3, -0.25) is 4.79 Å². The number of nitrogen functional groups attached to an aromatic ring is 1. The molecule has 0 aliphatic rings. The van der Waals surface area contributed by atoms with E-state index in [1.54, 1.807) is 6.07 Å². The van der Waals surface area contributed by atoms with Gasteiger partial charge < -0.3 is 5.73 Å². The average molecular weight is 275 g/mol. The Hall–Kier alpha value is -1.12. The summed E-state index contributed by atoms with van der Waals surface area (Å²) < 4.78 is 0. The number of carbonyl (C=O) groups excluding carboxylic acids is 1. The number of anilines is 1. The minimum atomic E-state index is -0.247. The summed E-state index contributed by atoms with van der Waals surface area (Å²) in [5, 5.41) is 8.95. The summed E-state index contributed by atoms with van der Waals surface area (Å²) in [6, 6.07) is 3.12. The van der Waals surface area contributed by atoms with Crippen molar-refractivity contribution in [3.63, 3.8) is 0 Å². The van der Waals surface area contributed by atoms with E-state index in [0.29, 0.717) is 0 Å². The second-order valence-corrected chi connectivity index (χ2v) is 3.39. The number of nitrogens with two attached hydrogens (primary N) is 1. The van der Waals surface area contributed by atoms with Gasteiger partial charge in [-0.25, -0.2) is 4.98 Å². The maximum Gasteiger partial charge on any atom is 0.191 e. The Labute approximate surface area is 93.8 Å². The number of carbonyl (C=O) groups is 1. The van der Waals surface area contributed by atoms with Gasteiger partial charge in [0.15, 0.2) is 11.5 Å². The highest BCUT2D eigenvalue weighted by atomic mass is 79.9. The Bertz CT molecular complexity index is 427. The van der Waals surface area contributed by atoms with Crippen LogP contribution in [-0.4, -0.2) is 16.1 Å². The first-order chi connectivity index (χ1) is 6.60. The monoisotopic (exact) mass is 273 g/mol. The van der Waals surface area contributed by atoms with Crippen LogP contribution in [0.15, 0.2) is 6.07 Å². The fraction of sp³-hybridized carbons (Fsp3) is 0.125. The summed E-state index contributed by atoms with van der Waals surface area (Å²) in [4.78, 5) is 15.0. The third kappa shape index (κ3) is 2.03. The molecule has 0 fully saturated rings. The van der Waals surface area contributed by atoms with Gasteiger partial charge >= 0.3 is 0 Å². The zero-order valence-electron chi connectivity index (χ0n) is 6.92. The van der Waals surface area contributed by atoms with E-state index in [4.69, 9.17) is 22.6 Å². The van der Waals surface area contributed by atoms with E-state index in [0.717, 1.165) is 0 Å². The summed E-state index contributed by atoms with van der Waals surface area (Å²) in [6.07, 6.45) is 0. The van der Waals surface area contributed by atoms with Crippen molar-refractivity contribution in [2.45, 2.75) is 0 Å². The molecule has 1 aromatic rings. The van der Waals surface area contributed by atoms with Gasteiger partial charge in [-0.05, 0) is 6.07 Å². The largest absolute Gasteiger partial charge is 0.395 e. The zero-order chi connectivity index (χ0) is 10.7. The molecule has 1 rings (SSSR count). The number of Topliss-reactive ketones (excluding diaryl/α,β-unsaturated/α-hetero) is 1. The molecule has 2 N–H and O–H groups in total. The SMILES string of the molecule is N#Cc1nc(C(=O)CBr)cc(Cl)c1N. The first-order valence-electron chi connectivity index (χ1n) is 3.55.